The van der Waals surface area contributed by atoms with Crippen molar-refractivity contribution in [1.29, 1.82) is 0 Å². The number of rotatable bonds is 2. The smallest absolute Gasteiger partial charge is 0.0390 e. The standard InChI is InChI=1S/C9H11N.C8H9N/c1-7(2)8-5-3-4-6-9(8)10;9-7-6-8-4-2-1-3-5-8/h3-6H,1,10H2,2H3;1-7H,9H2. The van der Waals surface area contributed by atoms with Gasteiger partial charge in [-0.05, 0) is 42.0 Å². The lowest BCUT2D eigenvalue weighted by Crippen LogP contribution is -1.89. The van der Waals surface area contributed by atoms with Crippen molar-refractivity contribution in [1.82, 2.24) is 0 Å². The average molecular weight is 252 g/mol. The van der Waals surface area contributed by atoms with Crippen LogP contribution in [0.3, 0.4) is 0 Å². The lowest BCUT2D eigenvalue weighted by atomic mass is 10.1. The fourth-order valence-electron chi connectivity index (χ4n) is 1.56. The summed E-state index contributed by atoms with van der Waals surface area (Å²) in [5, 5.41) is 0. The van der Waals surface area contributed by atoms with Crippen molar-refractivity contribution in [3.8, 4) is 0 Å². The van der Waals surface area contributed by atoms with Crippen molar-refractivity contribution in [3.05, 3.63) is 78.5 Å². The Labute approximate surface area is 115 Å². The highest BCUT2D eigenvalue weighted by atomic mass is 14.6. The Hall–Kier alpha value is -2.48. The third-order valence-electron chi connectivity index (χ3n) is 2.51. The zero-order valence-corrected chi connectivity index (χ0v) is 11.2. The van der Waals surface area contributed by atoms with Gasteiger partial charge in [-0.15, -0.1) is 0 Å². The molecular formula is C17H20N2. The predicted molar refractivity (Wildman–Crippen MR) is 85.2 cm³/mol. The number of para-hydroxylation sites is 1. The van der Waals surface area contributed by atoms with Gasteiger partial charge < -0.3 is 11.5 Å². The minimum atomic E-state index is 0.801. The topological polar surface area (TPSA) is 52.0 Å². The number of anilines is 1. The first-order chi connectivity index (χ1) is 9.15. The molecule has 0 aromatic heterocycles. The Morgan fingerprint density at radius 1 is 1.00 bits per heavy atom. The molecule has 2 aromatic rings. The molecule has 2 nitrogen and oxygen atoms in total. The molecule has 0 aliphatic heterocycles. The van der Waals surface area contributed by atoms with E-state index in [1.165, 1.54) is 6.20 Å². The normalized spacial score (nSPS) is 9.74. The van der Waals surface area contributed by atoms with Crippen LogP contribution in [0.15, 0.2) is 67.4 Å². The van der Waals surface area contributed by atoms with Gasteiger partial charge in [-0.3, -0.25) is 0 Å². The van der Waals surface area contributed by atoms with Crippen LogP contribution in [0.4, 0.5) is 5.69 Å². The van der Waals surface area contributed by atoms with Gasteiger partial charge in [0.2, 0.25) is 0 Å². The highest BCUT2D eigenvalue weighted by Crippen LogP contribution is 2.17. The summed E-state index contributed by atoms with van der Waals surface area (Å²) in [6.07, 6.45) is 3.40. The minimum absolute atomic E-state index is 0.801. The van der Waals surface area contributed by atoms with Crippen LogP contribution < -0.4 is 11.5 Å². The zero-order chi connectivity index (χ0) is 14.1. The molecule has 0 bridgehead atoms. The molecule has 0 saturated heterocycles. The summed E-state index contributed by atoms with van der Waals surface area (Å²) in [4.78, 5) is 0. The Bertz CT molecular complexity index is 542. The monoisotopic (exact) mass is 252 g/mol. The largest absolute Gasteiger partial charge is 0.405 e. The molecule has 0 saturated carbocycles. The maximum atomic E-state index is 5.66. The van der Waals surface area contributed by atoms with Gasteiger partial charge >= 0.3 is 0 Å². The first-order valence-electron chi connectivity index (χ1n) is 6.09. The summed E-state index contributed by atoms with van der Waals surface area (Å²) in [6, 6.07) is 17.7. The Morgan fingerprint density at radius 2 is 1.58 bits per heavy atom. The third kappa shape index (κ3) is 5.13. The van der Waals surface area contributed by atoms with Crippen molar-refractivity contribution < 1.29 is 0 Å². The molecule has 2 heteroatoms. The van der Waals surface area contributed by atoms with Crippen molar-refractivity contribution in [2.24, 2.45) is 5.73 Å². The second-order valence-electron chi connectivity index (χ2n) is 4.14. The summed E-state index contributed by atoms with van der Waals surface area (Å²) < 4.78 is 0. The molecule has 19 heavy (non-hydrogen) atoms. The molecule has 0 aliphatic rings. The number of hydrogen-bond acceptors (Lipinski definition) is 2. The fourth-order valence-corrected chi connectivity index (χ4v) is 1.56. The van der Waals surface area contributed by atoms with Crippen LogP contribution in [0.2, 0.25) is 0 Å². The van der Waals surface area contributed by atoms with E-state index in [1.807, 2.05) is 67.6 Å². The van der Waals surface area contributed by atoms with Crippen molar-refractivity contribution in [3.63, 3.8) is 0 Å². The van der Waals surface area contributed by atoms with Gasteiger partial charge in [-0.25, -0.2) is 0 Å². The van der Waals surface area contributed by atoms with Crippen LogP contribution in [-0.4, -0.2) is 0 Å². The molecule has 0 heterocycles. The van der Waals surface area contributed by atoms with Crippen LogP contribution in [-0.2, 0) is 0 Å². The lowest BCUT2D eigenvalue weighted by molar-refractivity contribution is 1.57. The maximum absolute atomic E-state index is 5.66. The van der Waals surface area contributed by atoms with Crippen LogP contribution in [0.1, 0.15) is 18.1 Å². The Balaban J connectivity index is 0.000000191. The molecule has 2 rings (SSSR count). The van der Waals surface area contributed by atoms with Gasteiger partial charge in [0.25, 0.3) is 0 Å². The lowest BCUT2D eigenvalue weighted by Gasteiger charge is -2.01. The van der Waals surface area contributed by atoms with Crippen molar-refractivity contribution >= 4 is 17.3 Å². The van der Waals surface area contributed by atoms with Crippen LogP contribution in [0.25, 0.3) is 11.6 Å². The highest BCUT2D eigenvalue weighted by molar-refractivity contribution is 5.71. The molecule has 0 unspecified atom stereocenters. The molecule has 0 amide bonds. The van der Waals surface area contributed by atoms with Gasteiger partial charge in [0.15, 0.2) is 0 Å². The minimum Gasteiger partial charge on any atom is -0.405 e. The van der Waals surface area contributed by atoms with E-state index < -0.39 is 0 Å². The first kappa shape index (κ1) is 14.6. The van der Waals surface area contributed by atoms with Crippen molar-refractivity contribution in [2.45, 2.75) is 6.92 Å². The fraction of sp³-hybridized carbons (Fsp3) is 0.0588. The molecule has 4 N–H and O–H groups in total. The Morgan fingerprint density at radius 3 is 2.05 bits per heavy atom. The second-order valence-corrected chi connectivity index (χ2v) is 4.14. The number of nitrogen functional groups attached to an aromatic ring is 1. The van der Waals surface area contributed by atoms with Crippen molar-refractivity contribution in [2.75, 3.05) is 5.73 Å². The second kappa shape index (κ2) is 7.77. The molecule has 0 fully saturated rings. The highest BCUT2D eigenvalue weighted by Gasteiger charge is 1.94. The summed E-state index contributed by atoms with van der Waals surface area (Å²) in [5.41, 5.74) is 14.8. The molecule has 98 valence electrons. The number of allylic oxidation sites excluding steroid dienone is 1. The van der Waals surface area contributed by atoms with Gasteiger partial charge in [-0.1, -0.05) is 55.1 Å². The van der Waals surface area contributed by atoms with E-state index in [-0.39, 0.29) is 0 Å². The Kier molecular flexibility index (Phi) is 5.96. The van der Waals surface area contributed by atoms with E-state index in [9.17, 15) is 0 Å². The number of hydrogen-bond donors (Lipinski definition) is 2. The first-order valence-corrected chi connectivity index (χ1v) is 6.09. The van der Waals surface area contributed by atoms with Gasteiger partial charge in [0, 0.05) is 5.69 Å². The van der Waals surface area contributed by atoms with Crippen LogP contribution in [0.5, 0.6) is 0 Å². The average Bonchev–Trinajstić information content (AvgIpc) is 2.41. The van der Waals surface area contributed by atoms with Crippen LogP contribution in [0, 0.1) is 0 Å². The molecule has 2 aromatic carbocycles. The predicted octanol–water partition coefficient (Wildman–Crippen LogP) is 3.92. The zero-order valence-electron chi connectivity index (χ0n) is 11.2. The SMILES string of the molecule is C=C(C)c1ccccc1N.NC=Cc1ccccc1. The number of benzene rings is 2. The summed E-state index contributed by atoms with van der Waals surface area (Å²) >= 11 is 0. The third-order valence-corrected chi connectivity index (χ3v) is 2.51. The molecule has 0 aliphatic carbocycles. The van der Waals surface area contributed by atoms with E-state index in [0.29, 0.717) is 0 Å². The molecule has 0 spiro atoms. The number of nitrogens with two attached hydrogens (primary N) is 2. The molecule has 0 atom stereocenters. The summed E-state index contributed by atoms with van der Waals surface area (Å²) in [6.45, 7) is 5.76. The van der Waals surface area contributed by atoms with Gasteiger partial charge in [0.1, 0.15) is 0 Å². The van der Waals surface area contributed by atoms with Gasteiger partial charge in [0.05, 0.1) is 0 Å². The van der Waals surface area contributed by atoms with E-state index in [4.69, 9.17) is 11.5 Å². The molecular weight excluding hydrogens is 232 g/mol. The summed E-state index contributed by atoms with van der Waals surface area (Å²) in [5.74, 6) is 0. The molecule has 0 radical (unpaired) electrons. The quantitative estimate of drug-likeness (QED) is 0.796. The van der Waals surface area contributed by atoms with E-state index in [0.717, 1.165) is 22.4 Å². The van der Waals surface area contributed by atoms with E-state index in [2.05, 4.69) is 6.58 Å². The van der Waals surface area contributed by atoms with Gasteiger partial charge in [-0.2, -0.15) is 0 Å². The van der Waals surface area contributed by atoms with E-state index in [1.54, 1.807) is 0 Å². The summed E-state index contributed by atoms with van der Waals surface area (Å²) in [7, 11) is 0. The van der Waals surface area contributed by atoms with E-state index >= 15 is 0 Å². The van der Waals surface area contributed by atoms with Crippen LogP contribution >= 0.6 is 0 Å². The maximum Gasteiger partial charge on any atom is 0.0390 e.